The largest absolute Gasteiger partial charge is 0.494 e. The minimum Gasteiger partial charge on any atom is -0.494 e. The average Bonchev–Trinajstić information content (AvgIpc) is 2.76. The van der Waals surface area contributed by atoms with E-state index in [0.29, 0.717) is 34.8 Å². The summed E-state index contributed by atoms with van der Waals surface area (Å²) in [5.41, 5.74) is 3.87. The Bertz CT molecular complexity index is 1050. The van der Waals surface area contributed by atoms with E-state index in [2.05, 4.69) is 26.5 Å². The summed E-state index contributed by atoms with van der Waals surface area (Å²) in [6.45, 7) is 2.45. The van der Waals surface area contributed by atoms with Crippen LogP contribution in [-0.4, -0.2) is 24.7 Å². The van der Waals surface area contributed by atoms with Crippen molar-refractivity contribution in [2.45, 2.75) is 6.92 Å². The van der Waals surface area contributed by atoms with E-state index in [1.54, 1.807) is 66.7 Å². The second-order valence-electron chi connectivity index (χ2n) is 6.09. The Hall–Kier alpha value is -3.45. The molecule has 6 nitrogen and oxygen atoms in total. The zero-order chi connectivity index (χ0) is 21.3. The quantitative estimate of drug-likeness (QED) is 0.234. The highest BCUT2D eigenvalue weighted by molar-refractivity contribution is 9.10. The van der Waals surface area contributed by atoms with E-state index >= 15 is 0 Å². The fourth-order valence-corrected chi connectivity index (χ4v) is 2.92. The van der Waals surface area contributed by atoms with Gasteiger partial charge in [-0.1, -0.05) is 34.1 Å². The fourth-order valence-electron chi connectivity index (χ4n) is 2.54. The summed E-state index contributed by atoms with van der Waals surface area (Å²) in [5, 5.41) is 3.99. The molecule has 0 radical (unpaired) electrons. The monoisotopic (exact) mass is 466 g/mol. The van der Waals surface area contributed by atoms with Crippen molar-refractivity contribution in [2.75, 3.05) is 6.61 Å². The summed E-state index contributed by atoms with van der Waals surface area (Å²) in [7, 11) is 0. The molecule has 0 heterocycles. The van der Waals surface area contributed by atoms with E-state index in [9.17, 15) is 9.59 Å². The number of carbonyl (C=O) groups excluding carboxylic acids is 2. The third-order valence-electron chi connectivity index (χ3n) is 3.98. The Morgan fingerprint density at radius 2 is 1.73 bits per heavy atom. The summed E-state index contributed by atoms with van der Waals surface area (Å²) < 4.78 is 11.6. The first-order chi connectivity index (χ1) is 14.6. The minimum atomic E-state index is -0.481. The van der Waals surface area contributed by atoms with Crippen LogP contribution in [0.15, 0.2) is 82.4 Å². The highest BCUT2D eigenvalue weighted by Gasteiger charge is 2.11. The molecule has 1 amide bonds. The van der Waals surface area contributed by atoms with Gasteiger partial charge in [-0.3, -0.25) is 4.79 Å². The van der Waals surface area contributed by atoms with E-state index in [-0.39, 0.29) is 5.91 Å². The molecule has 0 spiro atoms. The summed E-state index contributed by atoms with van der Waals surface area (Å²) >= 11 is 3.38. The van der Waals surface area contributed by atoms with Crippen molar-refractivity contribution in [3.63, 3.8) is 0 Å². The molecule has 0 aromatic heterocycles. The lowest BCUT2D eigenvalue weighted by Crippen LogP contribution is -2.17. The molecule has 0 fully saturated rings. The first-order valence-electron chi connectivity index (χ1n) is 9.20. The van der Waals surface area contributed by atoms with Crippen LogP contribution in [0.25, 0.3) is 0 Å². The van der Waals surface area contributed by atoms with E-state index in [1.165, 1.54) is 6.21 Å². The van der Waals surface area contributed by atoms with E-state index < -0.39 is 5.97 Å². The van der Waals surface area contributed by atoms with Gasteiger partial charge >= 0.3 is 5.97 Å². The molecule has 0 saturated heterocycles. The van der Waals surface area contributed by atoms with E-state index in [0.717, 1.165) is 4.47 Å². The van der Waals surface area contributed by atoms with Gasteiger partial charge < -0.3 is 9.47 Å². The lowest BCUT2D eigenvalue weighted by atomic mass is 10.2. The number of carbonyl (C=O) groups is 2. The van der Waals surface area contributed by atoms with Gasteiger partial charge in [0.15, 0.2) is 0 Å². The van der Waals surface area contributed by atoms with Crippen LogP contribution in [0, 0.1) is 0 Å². The van der Waals surface area contributed by atoms with Crippen molar-refractivity contribution in [2.24, 2.45) is 5.10 Å². The van der Waals surface area contributed by atoms with Crippen LogP contribution in [0.1, 0.15) is 33.2 Å². The van der Waals surface area contributed by atoms with Gasteiger partial charge in [0, 0.05) is 15.6 Å². The fraction of sp³-hybridized carbons (Fsp3) is 0.0870. The van der Waals surface area contributed by atoms with Gasteiger partial charge in [-0.15, -0.1) is 0 Å². The molecule has 3 aromatic carbocycles. The molecule has 0 saturated carbocycles. The van der Waals surface area contributed by atoms with Crippen molar-refractivity contribution in [3.05, 3.63) is 94.0 Å². The molecule has 0 bridgehead atoms. The van der Waals surface area contributed by atoms with Crippen LogP contribution in [0.2, 0.25) is 0 Å². The summed E-state index contributed by atoms with van der Waals surface area (Å²) in [5.74, 6) is 0.167. The van der Waals surface area contributed by atoms with Crippen molar-refractivity contribution >= 4 is 34.0 Å². The maximum atomic E-state index is 12.3. The van der Waals surface area contributed by atoms with Crippen molar-refractivity contribution < 1.29 is 19.1 Å². The van der Waals surface area contributed by atoms with Crippen molar-refractivity contribution in [1.29, 1.82) is 0 Å². The Labute approximate surface area is 182 Å². The molecule has 0 aliphatic rings. The molecule has 30 heavy (non-hydrogen) atoms. The number of ether oxygens (including phenoxy) is 2. The number of esters is 1. The van der Waals surface area contributed by atoms with E-state index in [4.69, 9.17) is 9.47 Å². The van der Waals surface area contributed by atoms with Gasteiger partial charge in [-0.25, -0.2) is 10.2 Å². The molecule has 0 aliphatic heterocycles. The van der Waals surface area contributed by atoms with Gasteiger partial charge in [0.05, 0.1) is 18.4 Å². The first-order valence-corrected chi connectivity index (χ1v) is 9.99. The van der Waals surface area contributed by atoms with Crippen molar-refractivity contribution in [1.82, 2.24) is 5.43 Å². The normalized spacial score (nSPS) is 10.6. The van der Waals surface area contributed by atoms with Crippen LogP contribution < -0.4 is 14.9 Å². The molecule has 3 aromatic rings. The molecular formula is C23H19BrN2O4. The third-order valence-corrected chi connectivity index (χ3v) is 4.47. The summed E-state index contributed by atoms with van der Waals surface area (Å²) in [6, 6.07) is 20.6. The number of hydrogen-bond acceptors (Lipinski definition) is 5. The number of hydrazone groups is 1. The number of nitrogens with one attached hydrogen (secondary N) is 1. The zero-order valence-electron chi connectivity index (χ0n) is 16.2. The molecule has 0 unspecified atom stereocenters. The zero-order valence-corrected chi connectivity index (χ0v) is 17.8. The summed E-state index contributed by atoms with van der Waals surface area (Å²) in [4.78, 5) is 24.6. The maximum Gasteiger partial charge on any atom is 0.343 e. The van der Waals surface area contributed by atoms with Gasteiger partial charge in [-0.05, 0) is 61.5 Å². The number of halogens is 1. The molecule has 3 rings (SSSR count). The number of benzene rings is 3. The van der Waals surface area contributed by atoms with Crippen molar-refractivity contribution in [3.8, 4) is 11.5 Å². The standard InChI is InChI=1S/C23H19BrN2O4/c1-2-29-20-11-8-16(9-12-20)22(27)26-25-15-18-14-19(24)10-13-21(18)30-23(28)17-6-4-3-5-7-17/h3-15H,2H2,1H3,(H,26,27). The summed E-state index contributed by atoms with van der Waals surface area (Å²) in [6.07, 6.45) is 1.42. The second-order valence-corrected chi connectivity index (χ2v) is 7.01. The SMILES string of the molecule is CCOc1ccc(C(=O)NN=Cc2cc(Br)ccc2OC(=O)c2ccccc2)cc1. The molecule has 0 atom stereocenters. The molecule has 152 valence electrons. The van der Waals surface area contributed by atoms with Gasteiger partial charge in [0.25, 0.3) is 5.91 Å². The Morgan fingerprint density at radius 1 is 1.00 bits per heavy atom. The predicted octanol–water partition coefficient (Wildman–Crippen LogP) is 4.83. The molecular weight excluding hydrogens is 448 g/mol. The van der Waals surface area contributed by atoms with Crippen LogP contribution in [0.5, 0.6) is 11.5 Å². The first kappa shape index (κ1) is 21.3. The Kier molecular flexibility index (Phi) is 7.34. The van der Waals surface area contributed by atoms with Gasteiger partial charge in [-0.2, -0.15) is 5.10 Å². The van der Waals surface area contributed by atoms with Crippen LogP contribution in [0.4, 0.5) is 0 Å². The van der Waals surface area contributed by atoms with Gasteiger partial charge in [0.2, 0.25) is 0 Å². The predicted molar refractivity (Wildman–Crippen MR) is 118 cm³/mol. The number of nitrogens with zero attached hydrogens (tertiary/aromatic N) is 1. The Balaban J connectivity index is 1.69. The Morgan fingerprint density at radius 3 is 2.43 bits per heavy atom. The lowest BCUT2D eigenvalue weighted by Gasteiger charge is -2.08. The second kappa shape index (κ2) is 10.4. The van der Waals surface area contributed by atoms with E-state index in [1.807, 2.05) is 13.0 Å². The highest BCUT2D eigenvalue weighted by Crippen LogP contribution is 2.23. The molecule has 1 N–H and O–H groups in total. The average molecular weight is 467 g/mol. The lowest BCUT2D eigenvalue weighted by molar-refractivity contribution is 0.0734. The third kappa shape index (κ3) is 5.78. The van der Waals surface area contributed by atoms with Crippen LogP contribution >= 0.6 is 15.9 Å². The topological polar surface area (TPSA) is 77.0 Å². The molecule has 7 heteroatoms. The molecule has 0 aliphatic carbocycles. The number of hydrogen-bond donors (Lipinski definition) is 1. The maximum absolute atomic E-state index is 12.3. The van der Waals surface area contributed by atoms with Crippen LogP contribution in [-0.2, 0) is 0 Å². The number of amides is 1. The van der Waals surface area contributed by atoms with Gasteiger partial charge in [0.1, 0.15) is 11.5 Å². The smallest absolute Gasteiger partial charge is 0.343 e. The number of rotatable bonds is 7. The van der Waals surface area contributed by atoms with Crippen LogP contribution in [0.3, 0.4) is 0 Å². The highest BCUT2D eigenvalue weighted by atomic mass is 79.9. The minimum absolute atomic E-state index is 0.325.